The van der Waals surface area contributed by atoms with E-state index in [1.807, 2.05) is 48.5 Å². The minimum absolute atomic E-state index is 0.0860. The molecule has 1 aromatic carbocycles. The molecule has 0 aliphatic heterocycles. The van der Waals surface area contributed by atoms with Crippen molar-refractivity contribution in [2.24, 2.45) is 0 Å². The second-order valence-electron chi connectivity index (χ2n) is 9.35. The molecule has 1 atom stereocenters. The van der Waals surface area contributed by atoms with Crippen molar-refractivity contribution in [3.8, 4) is 34.5 Å². The van der Waals surface area contributed by atoms with E-state index in [1.54, 1.807) is 42.9 Å². The van der Waals surface area contributed by atoms with Crippen molar-refractivity contribution < 1.29 is 14.2 Å². The van der Waals surface area contributed by atoms with Gasteiger partial charge in [-0.1, -0.05) is 24.3 Å². The van der Waals surface area contributed by atoms with E-state index in [1.165, 1.54) is 13.3 Å². The fourth-order valence-corrected chi connectivity index (χ4v) is 4.63. The summed E-state index contributed by atoms with van der Waals surface area (Å²) < 4.78 is 18.8. The molecule has 0 saturated carbocycles. The zero-order valence-electron chi connectivity index (χ0n) is 23.2. The number of hydrogen-bond donors (Lipinski definition) is 2. The largest absolute Gasteiger partial charge is 0.470 e. The third-order valence-corrected chi connectivity index (χ3v) is 6.66. The molecule has 0 radical (unpaired) electrons. The number of para-hydroxylation sites is 2. The molecule has 0 bridgehead atoms. The highest BCUT2D eigenvalue weighted by molar-refractivity contribution is 5.77. The van der Waals surface area contributed by atoms with Crippen molar-refractivity contribution in [1.82, 2.24) is 55.5 Å². The number of H-pyrrole nitrogens is 2. The van der Waals surface area contributed by atoms with Gasteiger partial charge in [-0.15, -0.1) is 10.2 Å². The molecule has 14 nitrogen and oxygen atoms in total. The number of pyridine rings is 3. The van der Waals surface area contributed by atoms with Gasteiger partial charge >= 0.3 is 5.79 Å². The molecule has 6 heterocycles. The van der Waals surface area contributed by atoms with Gasteiger partial charge in [0, 0.05) is 25.7 Å². The molecule has 14 heteroatoms. The number of methoxy groups -OCH3 is 1. The van der Waals surface area contributed by atoms with Gasteiger partial charge in [-0.05, 0) is 53.7 Å². The first-order valence-corrected chi connectivity index (χ1v) is 13.4. The number of rotatable bonds is 10. The molecule has 0 fully saturated rings. The highest BCUT2D eigenvalue weighted by Crippen LogP contribution is 2.37. The molecule has 44 heavy (non-hydrogen) atoms. The summed E-state index contributed by atoms with van der Waals surface area (Å²) in [5, 5.41) is 14.4. The van der Waals surface area contributed by atoms with Crippen LogP contribution in [-0.2, 0) is 17.1 Å². The summed E-state index contributed by atoms with van der Waals surface area (Å²) in [6.45, 7) is 0.141. The number of tetrazole rings is 1. The first kappa shape index (κ1) is 26.7. The fraction of sp³-hybridized carbons (Fsp3) is 0.100. The number of fused-ring (bicyclic) bond motifs is 1. The Labute approximate surface area is 249 Å². The highest BCUT2D eigenvalue weighted by atomic mass is 16.7. The van der Waals surface area contributed by atoms with Crippen LogP contribution in [0.25, 0.3) is 33.8 Å². The van der Waals surface area contributed by atoms with Gasteiger partial charge in [0.15, 0.2) is 11.5 Å². The molecule has 0 saturated heterocycles. The zero-order valence-corrected chi connectivity index (χ0v) is 23.2. The van der Waals surface area contributed by atoms with Crippen LogP contribution in [0.2, 0.25) is 0 Å². The Hall–Kier alpha value is -6.15. The number of ether oxygens (including phenoxy) is 3. The molecule has 0 spiro atoms. The number of aromatic amines is 2. The van der Waals surface area contributed by atoms with Crippen molar-refractivity contribution in [2.75, 3.05) is 7.11 Å². The zero-order chi connectivity index (χ0) is 29.8. The predicted octanol–water partition coefficient (Wildman–Crippen LogP) is 3.89. The number of aromatic nitrogens is 11. The van der Waals surface area contributed by atoms with Crippen LogP contribution in [0.15, 0.2) is 97.6 Å². The minimum Gasteiger partial charge on any atom is -0.470 e. The number of nitrogens with one attached hydrogen (secondary N) is 2. The van der Waals surface area contributed by atoms with Gasteiger partial charge in [-0.3, -0.25) is 15.0 Å². The van der Waals surface area contributed by atoms with Gasteiger partial charge in [-0.2, -0.15) is 5.21 Å². The maximum atomic E-state index is 6.57. The molecule has 216 valence electrons. The van der Waals surface area contributed by atoms with Gasteiger partial charge in [0.2, 0.25) is 17.6 Å². The second kappa shape index (κ2) is 11.6. The molecular formula is C30H23N11O3. The third kappa shape index (κ3) is 5.05. The summed E-state index contributed by atoms with van der Waals surface area (Å²) in [5.74, 6) is -0.662. The Kier molecular flexibility index (Phi) is 7.06. The molecule has 6 aromatic heterocycles. The number of hydrogen-bond acceptors (Lipinski definition) is 12. The van der Waals surface area contributed by atoms with Crippen molar-refractivity contribution >= 4 is 11.0 Å². The second-order valence-corrected chi connectivity index (χ2v) is 9.35. The van der Waals surface area contributed by atoms with Crippen LogP contribution in [0.3, 0.4) is 0 Å². The lowest BCUT2D eigenvalue weighted by atomic mass is 10.1. The number of imidazole rings is 1. The average molecular weight is 586 g/mol. The molecular weight excluding hydrogens is 562 g/mol. The first-order chi connectivity index (χ1) is 21.7. The van der Waals surface area contributed by atoms with Gasteiger partial charge in [0.1, 0.15) is 18.0 Å². The number of benzene rings is 1. The quantitative estimate of drug-likeness (QED) is 0.222. The molecule has 0 aliphatic carbocycles. The van der Waals surface area contributed by atoms with Gasteiger partial charge < -0.3 is 19.2 Å². The molecule has 1 unspecified atom stereocenters. The summed E-state index contributed by atoms with van der Waals surface area (Å²) in [6.07, 6.45) is 6.40. The topological polar surface area (TPSA) is 175 Å². The number of nitrogens with zero attached hydrogens (tertiary/aromatic N) is 9. The Morgan fingerprint density at radius 2 is 1.64 bits per heavy atom. The summed E-state index contributed by atoms with van der Waals surface area (Å²) in [5.41, 5.74) is 3.89. The smallest absolute Gasteiger partial charge is 0.315 e. The van der Waals surface area contributed by atoms with Crippen LogP contribution >= 0.6 is 0 Å². The summed E-state index contributed by atoms with van der Waals surface area (Å²) in [4.78, 5) is 31.0. The van der Waals surface area contributed by atoms with E-state index >= 15 is 0 Å². The first-order valence-electron chi connectivity index (χ1n) is 13.4. The molecule has 0 amide bonds. The molecule has 0 aliphatic rings. The normalized spacial score (nSPS) is 12.6. The Morgan fingerprint density at radius 3 is 2.41 bits per heavy atom. The summed E-state index contributed by atoms with van der Waals surface area (Å²) >= 11 is 0. The van der Waals surface area contributed by atoms with Crippen LogP contribution in [0.4, 0.5) is 0 Å². The van der Waals surface area contributed by atoms with Gasteiger partial charge in [0.25, 0.3) is 0 Å². The van der Waals surface area contributed by atoms with Crippen LogP contribution < -0.4 is 9.47 Å². The van der Waals surface area contributed by atoms with Crippen LogP contribution in [0.1, 0.15) is 17.2 Å². The minimum atomic E-state index is -1.62. The SMILES string of the molecule is COC(Oc1cnc(OCc2ccccn2)c(-c2ncccc2-c2nn[nH]n2)n1)(c1ccccn1)c1nc2ccccc2[nH]1. The average Bonchev–Trinajstić information content (AvgIpc) is 3.79. The lowest BCUT2D eigenvalue weighted by Gasteiger charge is -2.29. The van der Waals surface area contributed by atoms with Crippen molar-refractivity contribution in [1.29, 1.82) is 0 Å². The highest BCUT2D eigenvalue weighted by Gasteiger charge is 2.43. The van der Waals surface area contributed by atoms with Crippen LogP contribution in [0.5, 0.6) is 11.8 Å². The van der Waals surface area contributed by atoms with E-state index in [0.717, 1.165) is 11.0 Å². The van der Waals surface area contributed by atoms with Crippen LogP contribution in [-0.4, -0.2) is 62.6 Å². The Balaban J connectivity index is 1.36. The molecule has 7 rings (SSSR count). The van der Waals surface area contributed by atoms with E-state index in [2.05, 4.69) is 45.5 Å². The Bertz CT molecular complexity index is 1970. The Morgan fingerprint density at radius 1 is 0.795 bits per heavy atom. The summed E-state index contributed by atoms with van der Waals surface area (Å²) in [7, 11) is 1.51. The predicted molar refractivity (Wildman–Crippen MR) is 156 cm³/mol. The standard InChI is InChI=1S/C30H23N11O3/c1-42-30(23-13-5-7-15-32-23,29-35-21-11-2-3-12-22(21)36-29)44-24-17-34-28(43-18-19-9-4-6-14-31-19)26(37-24)25-20(10-8-16-33-25)27-38-40-41-39-27/h2-17H,18H2,1H3,(H,35,36)(H,38,39,40,41). The molecule has 7 aromatic rings. The maximum absolute atomic E-state index is 6.57. The van der Waals surface area contributed by atoms with E-state index in [-0.39, 0.29) is 24.1 Å². The third-order valence-electron chi connectivity index (χ3n) is 6.66. The fourth-order valence-electron chi connectivity index (χ4n) is 4.63. The van der Waals surface area contributed by atoms with Gasteiger partial charge in [0.05, 0.1) is 28.5 Å². The van der Waals surface area contributed by atoms with E-state index < -0.39 is 5.79 Å². The van der Waals surface area contributed by atoms with E-state index in [0.29, 0.717) is 34.3 Å². The lowest BCUT2D eigenvalue weighted by molar-refractivity contribution is -0.149. The van der Waals surface area contributed by atoms with Crippen molar-refractivity contribution in [3.63, 3.8) is 0 Å². The lowest BCUT2D eigenvalue weighted by Crippen LogP contribution is -2.39. The van der Waals surface area contributed by atoms with E-state index in [4.69, 9.17) is 24.2 Å². The van der Waals surface area contributed by atoms with Crippen molar-refractivity contribution in [3.05, 3.63) is 115 Å². The van der Waals surface area contributed by atoms with Crippen LogP contribution in [0, 0.1) is 0 Å². The molecule has 2 N–H and O–H groups in total. The van der Waals surface area contributed by atoms with Gasteiger partial charge in [-0.25, -0.2) is 15.0 Å². The monoisotopic (exact) mass is 585 g/mol. The van der Waals surface area contributed by atoms with E-state index in [9.17, 15) is 0 Å². The summed E-state index contributed by atoms with van der Waals surface area (Å²) in [6, 6.07) is 22.1. The van der Waals surface area contributed by atoms with Crippen molar-refractivity contribution in [2.45, 2.75) is 12.4 Å². The maximum Gasteiger partial charge on any atom is 0.315 e.